The molecule has 0 radical (unpaired) electrons. The van der Waals surface area contributed by atoms with Crippen molar-refractivity contribution in [2.75, 3.05) is 5.33 Å². The largest absolute Gasteiger partial charge is 0.390 e. The minimum Gasteiger partial charge on any atom is -0.390 e. The van der Waals surface area contributed by atoms with E-state index in [0.29, 0.717) is 17.3 Å². The van der Waals surface area contributed by atoms with Crippen molar-refractivity contribution in [3.05, 3.63) is 18.0 Å². The van der Waals surface area contributed by atoms with Crippen molar-refractivity contribution < 1.29 is 10.2 Å². The highest BCUT2D eigenvalue weighted by Gasteiger charge is 2.18. The number of aromatic nitrogens is 2. The van der Waals surface area contributed by atoms with Gasteiger partial charge >= 0.3 is 0 Å². The lowest BCUT2D eigenvalue weighted by Gasteiger charge is -2.14. The van der Waals surface area contributed by atoms with Gasteiger partial charge in [-0.05, 0) is 6.42 Å². The number of halogens is 1. The van der Waals surface area contributed by atoms with E-state index in [1.54, 1.807) is 24.1 Å². The summed E-state index contributed by atoms with van der Waals surface area (Å²) < 4.78 is 1.60. The maximum Gasteiger partial charge on any atom is 0.108 e. The molecule has 1 aromatic rings. The van der Waals surface area contributed by atoms with Crippen LogP contribution >= 0.6 is 15.9 Å². The molecule has 1 rings (SSSR count). The summed E-state index contributed by atoms with van der Waals surface area (Å²) in [4.78, 5) is 0. The van der Waals surface area contributed by atoms with Crippen LogP contribution < -0.4 is 0 Å². The number of aryl methyl sites for hydroxylation is 1. The monoisotopic (exact) mass is 248 g/mol. The lowest BCUT2D eigenvalue weighted by molar-refractivity contribution is 0.0173. The first-order chi connectivity index (χ1) is 6.15. The van der Waals surface area contributed by atoms with Gasteiger partial charge in [0.1, 0.15) is 6.10 Å². The molecule has 13 heavy (non-hydrogen) atoms. The highest BCUT2D eigenvalue weighted by atomic mass is 79.9. The summed E-state index contributed by atoms with van der Waals surface area (Å²) in [6.07, 6.45) is 2.20. The number of alkyl halides is 1. The molecule has 4 nitrogen and oxygen atoms in total. The summed E-state index contributed by atoms with van der Waals surface area (Å²) >= 11 is 3.20. The second-order valence-electron chi connectivity index (χ2n) is 2.94. The molecule has 0 saturated carbocycles. The SMILES string of the molecule is Cn1cc(C(O)C(O)CCBr)cn1. The van der Waals surface area contributed by atoms with Crippen LogP contribution in [-0.2, 0) is 7.05 Å². The van der Waals surface area contributed by atoms with Crippen molar-refractivity contribution in [3.63, 3.8) is 0 Å². The van der Waals surface area contributed by atoms with E-state index in [0.717, 1.165) is 0 Å². The van der Waals surface area contributed by atoms with Crippen molar-refractivity contribution in [2.45, 2.75) is 18.6 Å². The number of aliphatic hydroxyl groups is 2. The molecule has 5 heteroatoms. The molecule has 0 spiro atoms. The Hall–Kier alpha value is -0.390. The van der Waals surface area contributed by atoms with Crippen LogP contribution in [0.2, 0.25) is 0 Å². The van der Waals surface area contributed by atoms with Crippen LogP contribution in [0.25, 0.3) is 0 Å². The second-order valence-corrected chi connectivity index (χ2v) is 3.73. The highest BCUT2D eigenvalue weighted by molar-refractivity contribution is 9.09. The van der Waals surface area contributed by atoms with Gasteiger partial charge in [-0.1, -0.05) is 15.9 Å². The molecule has 0 aliphatic carbocycles. The van der Waals surface area contributed by atoms with Gasteiger partial charge in [-0.2, -0.15) is 5.10 Å². The molecule has 0 amide bonds. The van der Waals surface area contributed by atoms with E-state index in [-0.39, 0.29) is 0 Å². The number of hydrogen-bond donors (Lipinski definition) is 2. The molecule has 2 N–H and O–H groups in total. The predicted octanol–water partition coefficient (Wildman–Crippen LogP) is 0.599. The normalized spacial score (nSPS) is 15.7. The first-order valence-corrected chi connectivity index (χ1v) is 5.18. The Kier molecular flexibility index (Phi) is 3.90. The molecule has 0 aliphatic heterocycles. The smallest absolute Gasteiger partial charge is 0.108 e. The molecule has 1 heterocycles. The van der Waals surface area contributed by atoms with Gasteiger partial charge in [0, 0.05) is 24.1 Å². The molecule has 2 unspecified atom stereocenters. The molecular formula is C8H13BrN2O2. The van der Waals surface area contributed by atoms with Gasteiger partial charge in [-0.15, -0.1) is 0 Å². The van der Waals surface area contributed by atoms with E-state index in [2.05, 4.69) is 21.0 Å². The van der Waals surface area contributed by atoms with Crippen molar-refractivity contribution in [2.24, 2.45) is 7.05 Å². The fraction of sp³-hybridized carbons (Fsp3) is 0.625. The molecule has 0 saturated heterocycles. The number of nitrogens with zero attached hydrogens (tertiary/aromatic N) is 2. The number of rotatable bonds is 4. The Balaban J connectivity index is 2.61. The summed E-state index contributed by atoms with van der Waals surface area (Å²) in [5.74, 6) is 0. The van der Waals surface area contributed by atoms with Gasteiger partial charge in [0.15, 0.2) is 0 Å². The first kappa shape index (κ1) is 10.7. The molecule has 0 aliphatic rings. The maximum absolute atomic E-state index is 9.61. The quantitative estimate of drug-likeness (QED) is 0.768. The van der Waals surface area contributed by atoms with Gasteiger partial charge in [0.05, 0.1) is 12.3 Å². The Morgan fingerprint density at radius 2 is 2.31 bits per heavy atom. The molecular weight excluding hydrogens is 236 g/mol. The van der Waals surface area contributed by atoms with Gasteiger partial charge < -0.3 is 10.2 Å². The lowest BCUT2D eigenvalue weighted by Crippen LogP contribution is -2.18. The molecule has 0 fully saturated rings. The average Bonchev–Trinajstić information content (AvgIpc) is 2.51. The van der Waals surface area contributed by atoms with Crippen LogP contribution in [0.5, 0.6) is 0 Å². The molecule has 1 aromatic heterocycles. The summed E-state index contributed by atoms with van der Waals surface area (Å²) in [5.41, 5.74) is 0.649. The number of aliphatic hydroxyl groups excluding tert-OH is 2. The lowest BCUT2D eigenvalue weighted by atomic mass is 10.1. The van der Waals surface area contributed by atoms with E-state index in [1.165, 1.54) is 0 Å². The van der Waals surface area contributed by atoms with E-state index >= 15 is 0 Å². The van der Waals surface area contributed by atoms with Crippen molar-refractivity contribution in [1.82, 2.24) is 9.78 Å². The number of hydrogen-bond acceptors (Lipinski definition) is 3. The minimum atomic E-state index is -0.841. The van der Waals surface area contributed by atoms with Crippen molar-refractivity contribution >= 4 is 15.9 Å². The van der Waals surface area contributed by atoms with Crippen LogP contribution in [0, 0.1) is 0 Å². The maximum atomic E-state index is 9.61. The molecule has 0 aromatic carbocycles. The topological polar surface area (TPSA) is 58.3 Å². The zero-order valence-electron chi connectivity index (χ0n) is 7.39. The Morgan fingerprint density at radius 1 is 1.62 bits per heavy atom. The average molecular weight is 249 g/mol. The predicted molar refractivity (Wildman–Crippen MR) is 52.6 cm³/mol. The van der Waals surface area contributed by atoms with Crippen molar-refractivity contribution in [3.8, 4) is 0 Å². The summed E-state index contributed by atoms with van der Waals surface area (Å²) in [7, 11) is 1.77. The van der Waals surface area contributed by atoms with E-state index < -0.39 is 12.2 Å². The molecule has 2 atom stereocenters. The first-order valence-electron chi connectivity index (χ1n) is 4.05. The van der Waals surface area contributed by atoms with Gasteiger partial charge in [-0.3, -0.25) is 4.68 Å². The zero-order chi connectivity index (χ0) is 9.84. The fourth-order valence-electron chi connectivity index (χ4n) is 1.08. The second kappa shape index (κ2) is 4.74. The third-order valence-corrected chi connectivity index (χ3v) is 2.29. The zero-order valence-corrected chi connectivity index (χ0v) is 8.98. The summed E-state index contributed by atoms with van der Waals surface area (Å²) in [6, 6.07) is 0. The highest BCUT2D eigenvalue weighted by Crippen LogP contribution is 2.18. The van der Waals surface area contributed by atoms with E-state index in [4.69, 9.17) is 0 Å². The van der Waals surface area contributed by atoms with Gasteiger partial charge in [0.25, 0.3) is 0 Å². The Labute approximate surface area is 85.3 Å². The third kappa shape index (κ3) is 2.79. The van der Waals surface area contributed by atoms with Crippen LogP contribution in [-0.4, -0.2) is 31.4 Å². The van der Waals surface area contributed by atoms with Gasteiger partial charge in [0.2, 0.25) is 0 Å². The molecule has 74 valence electrons. The Morgan fingerprint density at radius 3 is 2.77 bits per heavy atom. The van der Waals surface area contributed by atoms with E-state index in [9.17, 15) is 10.2 Å². The third-order valence-electron chi connectivity index (χ3n) is 1.84. The Bertz CT molecular complexity index is 264. The minimum absolute atomic E-state index is 0.524. The van der Waals surface area contributed by atoms with Crippen LogP contribution in [0.1, 0.15) is 18.1 Å². The van der Waals surface area contributed by atoms with Crippen LogP contribution in [0.15, 0.2) is 12.4 Å². The van der Waals surface area contributed by atoms with Crippen LogP contribution in [0.4, 0.5) is 0 Å². The van der Waals surface area contributed by atoms with Gasteiger partial charge in [-0.25, -0.2) is 0 Å². The molecule has 0 bridgehead atoms. The van der Waals surface area contributed by atoms with Crippen LogP contribution in [0.3, 0.4) is 0 Å². The standard InChI is InChI=1S/C8H13BrN2O2/c1-11-5-6(4-10-11)8(13)7(12)2-3-9/h4-5,7-8,12-13H,2-3H2,1H3. The van der Waals surface area contributed by atoms with E-state index in [1.807, 2.05) is 0 Å². The fourth-order valence-corrected chi connectivity index (χ4v) is 1.55. The van der Waals surface area contributed by atoms with Crippen molar-refractivity contribution in [1.29, 1.82) is 0 Å². The summed E-state index contributed by atoms with van der Waals surface area (Å²) in [6.45, 7) is 0. The summed E-state index contributed by atoms with van der Waals surface area (Å²) in [5, 5.41) is 23.7.